The molecule has 2 heterocycles. The Hall–Kier alpha value is -1.43. The molecule has 0 aliphatic carbocycles. The average molecular weight is 327 g/mol. The molecule has 102 valence electrons. The van der Waals surface area contributed by atoms with E-state index in [4.69, 9.17) is 5.11 Å². The van der Waals surface area contributed by atoms with Crippen LogP contribution in [0.1, 0.15) is 29.6 Å². The molecule has 0 radical (unpaired) electrons. The van der Waals surface area contributed by atoms with Gasteiger partial charge in [0, 0.05) is 25.7 Å². The summed E-state index contributed by atoms with van der Waals surface area (Å²) in [6.45, 7) is 1.24. The predicted octanol–water partition coefficient (Wildman–Crippen LogP) is 2.17. The Morgan fingerprint density at radius 1 is 1.37 bits per heavy atom. The molecule has 1 amide bonds. The van der Waals surface area contributed by atoms with Crippen LogP contribution in [-0.2, 0) is 4.79 Å². The molecular weight excluding hydrogens is 312 g/mol. The molecule has 0 aromatic carbocycles. The van der Waals surface area contributed by atoms with Crippen molar-refractivity contribution < 1.29 is 14.7 Å². The summed E-state index contributed by atoms with van der Waals surface area (Å²) in [5.41, 5.74) is 0.569. The fourth-order valence-electron chi connectivity index (χ4n) is 2.27. The van der Waals surface area contributed by atoms with Crippen molar-refractivity contribution in [3.63, 3.8) is 0 Å². The van der Waals surface area contributed by atoms with E-state index in [1.54, 1.807) is 23.2 Å². The third-order valence-electron chi connectivity index (χ3n) is 3.34. The van der Waals surface area contributed by atoms with Gasteiger partial charge in [-0.1, -0.05) is 0 Å². The van der Waals surface area contributed by atoms with Gasteiger partial charge in [0.2, 0.25) is 0 Å². The predicted molar refractivity (Wildman–Crippen MR) is 72.8 cm³/mol. The zero-order valence-electron chi connectivity index (χ0n) is 10.4. The molecule has 5 nitrogen and oxygen atoms in total. The lowest BCUT2D eigenvalue weighted by Gasteiger charge is -2.31. The lowest BCUT2D eigenvalue weighted by molar-refractivity contribution is -0.138. The van der Waals surface area contributed by atoms with Crippen LogP contribution >= 0.6 is 15.9 Å². The van der Waals surface area contributed by atoms with E-state index in [0.29, 0.717) is 23.3 Å². The van der Waals surface area contributed by atoms with Crippen LogP contribution in [0.3, 0.4) is 0 Å². The highest BCUT2D eigenvalue weighted by atomic mass is 79.9. The maximum atomic E-state index is 12.2. The number of aromatic nitrogens is 1. The zero-order valence-corrected chi connectivity index (χ0v) is 12.0. The van der Waals surface area contributed by atoms with E-state index in [1.165, 1.54) is 0 Å². The molecule has 1 aliphatic heterocycles. The zero-order chi connectivity index (χ0) is 13.8. The minimum atomic E-state index is -0.762. The van der Waals surface area contributed by atoms with Crippen LogP contribution in [0.15, 0.2) is 22.9 Å². The highest BCUT2D eigenvalue weighted by Gasteiger charge is 2.25. The van der Waals surface area contributed by atoms with Gasteiger partial charge in [-0.3, -0.25) is 9.59 Å². The molecule has 1 fully saturated rings. The minimum Gasteiger partial charge on any atom is -0.481 e. The van der Waals surface area contributed by atoms with Gasteiger partial charge in [0.15, 0.2) is 0 Å². The van der Waals surface area contributed by atoms with Crippen molar-refractivity contribution in [2.75, 3.05) is 13.1 Å². The Morgan fingerprint density at radius 2 is 2.05 bits per heavy atom. The second-order valence-electron chi connectivity index (χ2n) is 4.70. The van der Waals surface area contributed by atoms with Crippen LogP contribution in [-0.4, -0.2) is 40.0 Å². The number of carbonyl (C=O) groups excluding carboxylic acids is 1. The number of nitrogens with zero attached hydrogens (tertiary/aromatic N) is 2. The van der Waals surface area contributed by atoms with Crippen molar-refractivity contribution in [1.29, 1.82) is 0 Å². The summed E-state index contributed by atoms with van der Waals surface area (Å²) in [6.07, 6.45) is 3.25. The number of piperidine rings is 1. The summed E-state index contributed by atoms with van der Waals surface area (Å²) in [7, 11) is 0. The van der Waals surface area contributed by atoms with Crippen LogP contribution in [0.5, 0.6) is 0 Å². The topological polar surface area (TPSA) is 70.5 Å². The number of carboxylic acid groups (broad SMARTS) is 1. The number of pyridine rings is 1. The Balaban J connectivity index is 1.92. The molecule has 0 saturated carbocycles. The van der Waals surface area contributed by atoms with E-state index in [9.17, 15) is 9.59 Å². The number of hydrogen-bond acceptors (Lipinski definition) is 3. The number of carbonyl (C=O) groups is 2. The number of carboxylic acids is 1. The molecule has 1 N–H and O–H groups in total. The molecule has 0 bridgehead atoms. The van der Waals surface area contributed by atoms with Crippen LogP contribution in [0.2, 0.25) is 0 Å². The third-order valence-corrected chi connectivity index (χ3v) is 3.81. The summed E-state index contributed by atoms with van der Waals surface area (Å²) < 4.78 is 0.698. The first-order valence-corrected chi connectivity index (χ1v) is 6.98. The first-order valence-electron chi connectivity index (χ1n) is 6.19. The van der Waals surface area contributed by atoms with Crippen molar-refractivity contribution in [3.05, 3.63) is 28.5 Å². The molecule has 0 spiro atoms. The molecule has 1 aliphatic rings. The lowest BCUT2D eigenvalue weighted by atomic mass is 9.93. The summed E-state index contributed by atoms with van der Waals surface area (Å²) >= 11 is 3.23. The van der Waals surface area contributed by atoms with Gasteiger partial charge in [0.05, 0.1) is 5.56 Å². The molecule has 19 heavy (non-hydrogen) atoms. The second kappa shape index (κ2) is 6.14. The summed E-state index contributed by atoms with van der Waals surface area (Å²) in [5.74, 6) is -0.611. The van der Waals surface area contributed by atoms with Crippen molar-refractivity contribution in [2.45, 2.75) is 19.3 Å². The molecule has 6 heteroatoms. The van der Waals surface area contributed by atoms with Gasteiger partial charge in [0.25, 0.3) is 5.91 Å². The van der Waals surface area contributed by atoms with Crippen LogP contribution in [0.25, 0.3) is 0 Å². The largest absolute Gasteiger partial charge is 0.481 e. The minimum absolute atomic E-state index is 0.0335. The van der Waals surface area contributed by atoms with Crippen LogP contribution in [0, 0.1) is 5.92 Å². The number of likely N-dealkylation sites (tertiary alicyclic amines) is 1. The Kier molecular flexibility index (Phi) is 4.52. The maximum Gasteiger partial charge on any atom is 0.303 e. The first-order chi connectivity index (χ1) is 9.06. The van der Waals surface area contributed by atoms with Gasteiger partial charge < -0.3 is 10.0 Å². The van der Waals surface area contributed by atoms with E-state index >= 15 is 0 Å². The maximum absolute atomic E-state index is 12.2. The number of halogens is 1. The lowest BCUT2D eigenvalue weighted by Crippen LogP contribution is -2.38. The fourth-order valence-corrected chi connectivity index (χ4v) is 2.51. The van der Waals surface area contributed by atoms with E-state index in [1.807, 2.05) is 0 Å². The molecule has 1 aromatic rings. The Labute approximate surface area is 119 Å². The number of hydrogen-bond donors (Lipinski definition) is 1. The number of amides is 1. The van der Waals surface area contributed by atoms with Gasteiger partial charge >= 0.3 is 5.97 Å². The van der Waals surface area contributed by atoms with Gasteiger partial charge in [-0.15, -0.1) is 0 Å². The van der Waals surface area contributed by atoms with Gasteiger partial charge in [0.1, 0.15) is 4.60 Å². The summed E-state index contributed by atoms with van der Waals surface area (Å²) in [5, 5.41) is 8.75. The van der Waals surface area contributed by atoms with E-state index in [2.05, 4.69) is 20.9 Å². The molecule has 1 aromatic heterocycles. The quantitative estimate of drug-likeness (QED) is 0.864. The van der Waals surface area contributed by atoms with Crippen LogP contribution < -0.4 is 0 Å². The molecular formula is C13H15BrN2O3. The number of rotatable bonds is 3. The third kappa shape index (κ3) is 3.76. The fraction of sp³-hybridized carbons (Fsp3) is 0.462. The van der Waals surface area contributed by atoms with Gasteiger partial charge in [-0.05, 0) is 46.8 Å². The van der Waals surface area contributed by atoms with E-state index in [-0.39, 0.29) is 18.2 Å². The first kappa shape index (κ1) is 14.0. The SMILES string of the molecule is O=C(O)CC1CCN(C(=O)c2ccc(Br)nc2)CC1. The number of aliphatic carboxylic acids is 1. The normalized spacial score (nSPS) is 16.4. The standard InChI is InChI=1S/C13H15BrN2O3/c14-11-2-1-10(8-15-11)13(19)16-5-3-9(4-6-16)7-12(17)18/h1-2,8-9H,3-7H2,(H,17,18). The second-order valence-corrected chi connectivity index (χ2v) is 5.52. The average Bonchev–Trinajstić information content (AvgIpc) is 2.39. The monoisotopic (exact) mass is 326 g/mol. The molecule has 0 unspecified atom stereocenters. The van der Waals surface area contributed by atoms with Crippen molar-refractivity contribution >= 4 is 27.8 Å². The van der Waals surface area contributed by atoms with Crippen molar-refractivity contribution in [3.8, 4) is 0 Å². The van der Waals surface area contributed by atoms with E-state index < -0.39 is 5.97 Å². The Bertz CT molecular complexity index is 467. The van der Waals surface area contributed by atoms with Gasteiger partial charge in [-0.2, -0.15) is 0 Å². The van der Waals surface area contributed by atoms with Crippen molar-refractivity contribution in [2.24, 2.45) is 5.92 Å². The summed E-state index contributed by atoms with van der Waals surface area (Å²) in [6, 6.07) is 3.48. The smallest absolute Gasteiger partial charge is 0.303 e. The van der Waals surface area contributed by atoms with Crippen molar-refractivity contribution in [1.82, 2.24) is 9.88 Å². The molecule has 2 rings (SSSR count). The summed E-state index contributed by atoms with van der Waals surface area (Å²) in [4.78, 5) is 28.6. The molecule has 1 saturated heterocycles. The van der Waals surface area contributed by atoms with Gasteiger partial charge in [-0.25, -0.2) is 4.98 Å². The highest BCUT2D eigenvalue weighted by Crippen LogP contribution is 2.21. The highest BCUT2D eigenvalue weighted by molar-refractivity contribution is 9.10. The molecule has 0 atom stereocenters. The Morgan fingerprint density at radius 3 is 2.58 bits per heavy atom. The van der Waals surface area contributed by atoms with E-state index in [0.717, 1.165) is 12.8 Å². The van der Waals surface area contributed by atoms with Crippen LogP contribution in [0.4, 0.5) is 0 Å².